The molecule has 25 heavy (non-hydrogen) atoms. The van der Waals surface area contributed by atoms with Gasteiger partial charge in [-0.2, -0.15) is 5.10 Å². The van der Waals surface area contributed by atoms with Crippen molar-refractivity contribution >= 4 is 11.6 Å². The Balaban J connectivity index is 1.52. The van der Waals surface area contributed by atoms with E-state index in [-0.39, 0.29) is 12.0 Å². The van der Waals surface area contributed by atoms with Gasteiger partial charge in [-0.3, -0.25) is 9.48 Å². The second-order valence-electron chi connectivity index (χ2n) is 6.39. The first-order chi connectivity index (χ1) is 12.2. The van der Waals surface area contributed by atoms with Crippen LogP contribution in [-0.4, -0.2) is 55.8 Å². The molecule has 0 saturated carbocycles. The van der Waals surface area contributed by atoms with E-state index < -0.39 is 0 Å². The molecule has 4 heterocycles. The average molecular weight is 339 g/mol. The zero-order valence-corrected chi connectivity index (χ0v) is 14.2. The molecule has 0 unspecified atom stereocenters. The highest BCUT2D eigenvalue weighted by Gasteiger charge is 2.24. The lowest BCUT2D eigenvalue weighted by Gasteiger charge is -2.24. The lowest BCUT2D eigenvalue weighted by Crippen LogP contribution is -2.38. The van der Waals surface area contributed by atoms with Crippen LogP contribution in [0.25, 0.3) is 5.65 Å². The Kier molecular flexibility index (Phi) is 4.23. The second-order valence-corrected chi connectivity index (χ2v) is 6.39. The summed E-state index contributed by atoms with van der Waals surface area (Å²) in [7, 11) is 0. The maximum absolute atomic E-state index is 13.0. The van der Waals surface area contributed by atoms with Crippen molar-refractivity contribution in [2.45, 2.75) is 26.0 Å². The number of fused-ring (bicyclic) bond motifs is 1. The van der Waals surface area contributed by atoms with Gasteiger partial charge in [0.15, 0.2) is 0 Å². The molecule has 0 aromatic carbocycles. The van der Waals surface area contributed by atoms with Gasteiger partial charge in [0, 0.05) is 44.5 Å². The molecule has 7 nitrogen and oxygen atoms in total. The number of imidazole rings is 1. The zero-order chi connectivity index (χ0) is 17.2. The minimum atomic E-state index is -0.0504. The summed E-state index contributed by atoms with van der Waals surface area (Å²) in [5.41, 5.74) is 2.46. The van der Waals surface area contributed by atoms with Crippen molar-refractivity contribution in [3.8, 4) is 0 Å². The topological polar surface area (TPSA) is 64.7 Å². The van der Waals surface area contributed by atoms with E-state index in [2.05, 4.69) is 10.1 Å². The summed E-state index contributed by atoms with van der Waals surface area (Å²) in [6.45, 7) is 4.53. The molecule has 1 aliphatic rings. The predicted octanol–water partition coefficient (Wildman–Crippen LogP) is 1.77. The van der Waals surface area contributed by atoms with Crippen LogP contribution in [0.1, 0.15) is 22.5 Å². The minimum absolute atomic E-state index is 0.0317. The number of hydrogen-bond acceptors (Lipinski definition) is 4. The smallest absolute Gasteiger partial charge is 0.255 e. The highest BCUT2D eigenvalue weighted by molar-refractivity contribution is 5.94. The van der Waals surface area contributed by atoms with Crippen LogP contribution in [-0.2, 0) is 11.3 Å². The van der Waals surface area contributed by atoms with Gasteiger partial charge in [0.05, 0.1) is 23.9 Å². The lowest BCUT2D eigenvalue weighted by molar-refractivity contribution is 0.0367. The van der Waals surface area contributed by atoms with E-state index in [0.29, 0.717) is 31.8 Å². The summed E-state index contributed by atoms with van der Waals surface area (Å²) < 4.78 is 9.64. The molecule has 1 saturated heterocycles. The molecule has 3 aromatic rings. The Morgan fingerprint density at radius 2 is 2.28 bits per heavy atom. The lowest BCUT2D eigenvalue weighted by atomic mass is 10.2. The third kappa shape index (κ3) is 3.41. The van der Waals surface area contributed by atoms with E-state index in [1.165, 1.54) is 0 Å². The van der Waals surface area contributed by atoms with Gasteiger partial charge in [0.1, 0.15) is 5.65 Å². The van der Waals surface area contributed by atoms with Gasteiger partial charge in [-0.05, 0) is 31.5 Å². The number of rotatable bonds is 3. The highest BCUT2D eigenvalue weighted by Crippen LogP contribution is 2.14. The first-order valence-corrected chi connectivity index (χ1v) is 8.53. The number of aromatic nitrogens is 4. The molecule has 1 amide bonds. The maximum atomic E-state index is 13.0. The van der Waals surface area contributed by atoms with Crippen LogP contribution in [0.4, 0.5) is 0 Å². The van der Waals surface area contributed by atoms with Crippen LogP contribution in [0.2, 0.25) is 0 Å². The Bertz CT molecular complexity index is 871. The molecular weight excluding hydrogens is 318 g/mol. The van der Waals surface area contributed by atoms with Crippen molar-refractivity contribution in [2.75, 3.05) is 19.7 Å². The second kappa shape index (κ2) is 6.68. The molecule has 1 atom stereocenters. The minimum Gasteiger partial charge on any atom is -0.374 e. The number of ether oxygens (including phenoxy) is 1. The Morgan fingerprint density at radius 3 is 3.12 bits per heavy atom. The quantitative estimate of drug-likeness (QED) is 0.729. The van der Waals surface area contributed by atoms with Gasteiger partial charge in [0.2, 0.25) is 0 Å². The normalized spacial score (nSPS) is 18.4. The highest BCUT2D eigenvalue weighted by atomic mass is 16.5. The zero-order valence-electron chi connectivity index (χ0n) is 14.2. The summed E-state index contributed by atoms with van der Waals surface area (Å²) in [6.07, 6.45) is 8.24. The number of pyridine rings is 1. The van der Waals surface area contributed by atoms with Crippen molar-refractivity contribution in [1.82, 2.24) is 24.1 Å². The van der Waals surface area contributed by atoms with Gasteiger partial charge < -0.3 is 14.0 Å². The third-order valence-corrected chi connectivity index (χ3v) is 4.41. The molecule has 130 valence electrons. The molecule has 0 spiro atoms. The van der Waals surface area contributed by atoms with Crippen LogP contribution in [0, 0.1) is 6.92 Å². The molecule has 0 bridgehead atoms. The number of carbonyl (C=O) groups excluding carboxylic acids is 1. The molecule has 1 aliphatic heterocycles. The molecule has 3 aromatic heterocycles. The van der Waals surface area contributed by atoms with Crippen molar-refractivity contribution in [2.24, 2.45) is 0 Å². The summed E-state index contributed by atoms with van der Waals surface area (Å²) in [6, 6.07) is 5.62. The number of amides is 1. The first-order valence-electron chi connectivity index (χ1n) is 8.53. The molecule has 1 fully saturated rings. The number of carbonyl (C=O) groups is 1. The van der Waals surface area contributed by atoms with Crippen molar-refractivity contribution in [3.63, 3.8) is 0 Å². The van der Waals surface area contributed by atoms with Crippen molar-refractivity contribution in [1.29, 1.82) is 0 Å². The third-order valence-electron chi connectivity index (χ3n) is 4.41. The molecular formula is C18H21N5O2. The summed E-state index contributed by atoms with van der Waals surface area (Å²) in [5, 5.41) is 4.23. The van der Waals surface area contributed by atoms with Crippen LogP contribution in [0.5, 0.6) is 0 Å². The number of nitrogens with zero attached hydrogens (tertiary/aromatic N) is 5. The first kappa shape index (κ1) is 15.8. The van der Waals surface area contributed by atoms with E-state index in [1.807, 2.05) is 57.7 Å². The van der Waals surface area contributed by atoms with Gasteiger partial charge >= 0.3 is 0 Å². The molecule has 0 aliphatic carbocycles. The van der Waals surface area contributed by atoms with Gasteiger partial charge in [-0.25, -0.2) is 4.98 Å². The Labute approximate surface area is 145 Å². The number of hydrogen-bond donors (Lipinski definition) is 0. The van der Waals surface area contributed by atoms with Crippen molar-refractivity contribution in [3.05, 3.63) is 54.2 Å². The molecule has 4 rings (SSSR count). The SMILES string of the molecule is Cc1cn2cc(C(=O)N3CCCO[C@H](Cn4cccn4)C3)ccc2n1. The maximum Gasteiger partial charge on any atom is 0.255 e. The van der Waals surface area contributed by atoms with Gasteiger partial charge in [-0.1, -0.05) is 0 Å². The van der Waals surface area contributed by atoms with Crippen LogP contribution >= 0.6 is 0 Å². The van der Waals surface area contributed by atoms with E-state index in [1.54, 1.807) is 6.20 Å². The Hall–Kier alpha value is -2.67. The van der Waals surface area contributed by atoms with Gasteiger partial charge in [0.25, 0.3) is 5.91 Å². The van der Waals surface area contributed by atoms with Crippen LogP contribution < -0.4 is 0 Å². The number of aryl methyl sites for hydroxylation is 1. The van der Waals surface area contributed by atoms with Gasteiger partial charge in [-0.15, -0.1) is 0 Å². The van der Waals surface area contributed by atoms with Crippen LogP contribution in [0.15, 0.2) is 43.0 Å². The fourth-order valence-electron chi connectivity index (χ4n) is 3.23. The largest absolute Gasteiger partial charge is 0.374 e. The van der Waals surface area contributed by atoms with Crippen LogP contribution in [0.3, 0.4) is 0 Å². The standard InChI is InChI=1S/C18H21N5O2/c1-14-10-22-11-15(4-5-17(22)20-14)18(24)21-7-3-9-25-16(12-21)13-23-8-2-6-19-23/h2,4-6,8,10-11,16H,3,7,9,12-13H2,1H3/t16-/m0/s1. The summed E-state index contributed by atoms with van der Waals surface area (Å²) in [5.74, 6) is 0.0317. The Morgan fingerprint density at radius 1 is 1.36 bits per heavy atom. The summed E-state index contributed by atoms with van der Waals surface area (Å²) >= 11 is 0. The molecule has 0 radical (unpaired) electrons. The fraction of sp³-hybridized carbons (Fsp3) is 0.389. The van der Waals surface area contributed by atoms with E-state index in [0.717, 1.165) is 17.8 Å². The van der Waals surface area contributed by atoms with E-state index >= 15 is 0 Å². The fourth-order valence-corrected chi connectivity index (χ4v) is 3.23. The van der Waals surface area contributed by atoms with E-state index in [9.17, 15) is 4.79 Å². The monoisotopic (exact) mass is 339 g/mol. The average Bonchev–Trinajstić information content (AvgIpc) is 3.17. The molecule has 7 heteroatoms. The van der Waals surface area contributed by atoms with Crippen molar-refractivity contribution < 1.29 is 9.53 Å². The summed E-state index contributed by atoms with van der Waals surface area (Å²) in [4.78, 5) is 19.2. The predicted molar refractivity (Wildman–Crippen MR) is 92.4 cm³/mol. The molecule has 0 N–H and O–H groups in total. The van der Waals surface area contributed by atoms with E-state index in [4.69, 9.17) is 4.74 Å².